The molecule has 0 saturated carbocycles. The Kier molecular flexibility index (Phi) is 7.03. The molecule has 1 saturated heterocycles. The minimum Gasteiger partial charge on any atom is -0.382 e. The molecule has 0 aromatic carbocycles. The predicted molar refractivity (Wildman–Crippen MR) is 86.8 cm³/mol. The molecule has 0 spiro atoms. The zero-order chi connectivity index (χ0) is 14.9. The molecule has 0 unspecified atom stereocenters. The Morgan fingerprint density at radius 2 is 2.19 bits per heavy atom. The number of aryl methyl sites for hydroxylation is 1. The molecule has 1 N–H and O–H groups in total. The number of nitrogens with one attached hydrogen (secondary N) is 1. The van der Waals surface area contributed by atoms with Crippen LogP contribution in [0, 0.1) is 5.92 Å². The first kappa shape index (κ1) is 16.3. The summed E-state index contributed by atoms with van der Waals surface area (Å²) in [5.74, 6) is 2.01. The van der Waals surface area contributed by atoms with Crippen molar-refractivity contribution in [1.82, 2.24) is 14.9 Å². The van der Waals surface area contributed by atoms with E-state index in [-0.39, 0.29) is 0 Å². The maximum absolute atomic E-state index is 5.42. The van der Waals surface area contributed by atoms with Crippen LogP contribution in [0.15, 0.2) is 12.4 Å². The van der Waals surface area contributed by atoms with E-state index in [1.165, 1.54) is 19.3 Å². The number of anilines is 1. The number of nitrogens with zero attached hydrogens (tertiary/aromatic N) is 3. The van der Waals surface area contributed by atoms with Crippen LogP contribution in [-0.4, -0.2) is 49.4 Å². The molecule has 0 aliphatic carbocycles. The van der Waals surface area contributed by atoms with E-state index < -0.39 is 0 Å². The molecular formula is C16H30N4O. The van der Waals surface area contributed by atoms with Gasteiger partial charge in [-0.2, -0.15) is 0 Å². The highest BCUT2D eigenvalue weighted by Gasteiger charge is 2.21. The fraction of sp³-hybridized carbons (Fsp3) is 0.812. The zero-order valence-corrected chi connectivity index (χ0v) is 13.6. The van der Waals surface area contributed by atoms with Crippen LogP contribution in [0.1, 0.15) is 32.6 Å². The molecule has 21 heavy (non-hydrogen) atoms. The molecule has 5 nitrogen and oxygen atoms in total. The third-order valence-corrected chi connectivity index (χ3v) is 4.29. The minimum absolute atomic E-state index is 0.802. The third kappa shape index (κ3) is 5.00. The second-order valence-electron chi connectivity index (χ2n) is 5.79. The summed E-state index contributed by atoms with van der Waals surface area (Å²) < 4.78 is 7.69. The van der Waals surface area contributed by atoms with Crippen LogP contribution < -0.4 is 10.2 Å². The first-order valence-corrected chi connectivity index (χ1v) is 8.33. The van der Waals surface area contributed by atoms with Gasteiger partial charge in [0, 0.05) is 45.2 Å². The van der Waals surface area contributed by atoms with Crippen LogP contribution in [0.3, 0.4) is 0 Å². The lowest BCUT2D eigenvalue weighted by Crippen LogP contribution is -2.36. The van der Waals surface area contributed by atoms with E-state index in [9.17, 15) is 0 Å². The molecule has 1 fully saturated rings. The summed E-state index contributed by atoms with van der Waals surface area (Å²) in [6.07, 6.45) is 8.93. The smallest absolute Gasteiger partial charge is 0.205 e. The number of hydrogen-bond donors (Lipinski definition) is 1. The molecule has 1 aromatic rings. The molecule has 1 aliphatic rings. The van der Waals surface area contributed by atoms with Gasteiger partial charge in [-0.25, -0.2) is 4.98 Å². The number of imidazole rings is 1. The minimum atomic E-state index is 0.802. The van der Waals surface area contributed by atoms with E-state index in [0.717, 1.165) is 57.7 Å². The van der Waals surface area contributed by atoms with E-state index in [1.807, 2.05) is 20.2 Å². The summed E-state index contributed by atoms with van der Waals surface area (Å²) in [5.41, 5.74) is 0. The predicted octanol–water partition coefficient (Wildman–Crippen LogP) is 2.14. The van der Waals surface area contributed by atoms with Crippen LogP contribution in [-0.2, 0) is 11.3 Å². The maximum atomic E-state index is 5.42. The molecule has 0 atom stereocenters. The van der Waals surface area contributed by atoms with E-state index in [4.69, 9.17) is 4.74 Å². The Labute approximate surface area is 128 Å². The lowest BCUT2D eigenvalue weighted by atomic mass is 9.94. The van der Waals surface area contributed by atoms with Gasteiger partial charge in [-0.1, -0.05) is 0 Å². The fourth-order valence-corrected chi connectivity index (χ4v) is 3.01. The van der Waals surface area contributed by atoms with E-state index in [1.54, 1.807) is 0 Å². The topological polar surface area (TPSA) is 42.3 Å². The van der Waals surface area contributed by atoms with Crippen molar-refractivity contribution in [2.24, 2.45) is 5.92 Å². The van der Waals surface area contributed by atoms with Crippen molar-refractivity contribution >= 4 is 5.95 Å². The normalized spacial score (nSPS) is 16.6. The standard InChI is InChI=1S/C16H30N4O/c1-3-21-14-4-10-19-13-9-18-16(19)20-11-6-15(7-12-20)5-8-17-2/h9,13,15,17H,3-8,10-12,14H2,1-2H3. The first-order valence-electron chi connectivity index (χ1n) is 8.33. The molecular weight excluding hydrogens is 264 g/mol. The van der Waals surface area contributed by atoms with Crippen LogP contribution in [0.2, 0.25) is 0 Å². The van der Waals surface area contributed by atoms with Crippen LogP contribution in [0.25, 0.3) is 0 Å². The Balaban J connectivity index is 1.79. The molecule has 0 radical (unpaired) electrons. The highest BCUT2D eigenvalue weighted by Crippen LogP contribution is 2.24. The summed E-state index contributed by atoms with van der Waals surface area (Å²) in [5, 5.41) is 3.25. The zero-order valence-electron chi connectivity index (χ0n) is 13.6. The van der Waals surface area contributed by atoms with Gasteiger partial charge in [0.1, 0.15) is 0 Å². The molecule has 5 heteroatoms. The molecule has 0 bridgehead atoms. The van der Waals surface area contributed by atoms with Crippen molar-refractivity contribution in [3.63, 3.8) is 0 Å². The van der Waals surface area contributed by atoms with Gasteiger partial charge in [-0.05, 0) is 52.1 Å². The van der Waals surface area contributed by atoms with E-state index >= 15 is 0 Å². The Hall–Kier alpha value is -1.07. The number of aromatic nitrogens is 2. The van der Waals surface area contributed by atoms with Crippen molar-refractivity contribution in [1.29, 1.82) is 0 Å². The summed E-state index contributed by atoms with van der Waals surface area (Å²) in [6, 6.07) is 0. The second-order valence-corrected chi connectivity index (χ2v) is 5.79. The first-order chi connectivity index (χ1) is 10.3. The second kappa shape index (κ2) is 9.05. The molecule has 2 heterocycles. The number of hydrogen-bond acceptors (Lipinski definition) is 4. The maximum Gasteiger partial charge on any atom is 0.205 e. The quantitative estimate of drug-likeness (QED) is 0.709. The van der Waals surface area contributed by atoms with Crippen molar-refractivity contribution in [2.45, 2.75) is 39.2 Å². The van der Waals surface area contributed by atoms with Crippen molar-refractivity contribution in [2.75, 3.05) is 44.8 Å². The average molecular weight is 294 g/mol. The molecule has 1 aliphatic heterocycles. The van der Waals surface area contributed by atoms with Gasteiger partial charge in [-0.3, -0.25) is 0 Å². The fourth-order valence-electron chi connectivity index (χ4n) is 3.01. The Morgan fingerprint density at radius 3 is 2.90 bits per heavy atom. The molecule has 1 aromatic heterocycles. The summed E-state index contributed by atoms with van der Waals surface area (Å²) in [6.45, 7) is 8.08. The van der Waals surface area contributed by atoms with Crippen LogP contribution >= 0.6 is 0 Å². The highest BCUT2D eigenvalue weighted by atomic mass is 16.5. The van der Waals surface area contributed by atoms with Crippen LogP contribution in [0.4, 0.5) is 5.95 Å². The number of piperidine rings is 1. The summed E-state index contributed by atoms with van der Waals surface area (Å²) in [7, 11) is 2.04. The molecule has 120 valence electrons. The van der Waals surface area contributed by atoms with Crippen molar-refractivity contribution in [3.05, 3.63) is 12.4 Å². The lowest BCUT2D eigenvalue weighted by Gasteiger charge is -2.33. The van der Waals surface area contributed by atoms with Gasteiger partial charge in [0.2, 0.25) is 5.95 Å². The van der Waals surface area contributed by atoms with E-state index in [0.29, 0.717) is 0 Å². The number of ether oxygens (including phenoxy) is 1. The van der Waals surface area contributed by atoms with Gasteiger partial charge < -0.3 is 19.5 Å². The van der Waals surface area contributed by atoms with Gasteiger partial charge in [-0.15, -0.1) is 0 Å². The SMILES string of the molecule is CCOCCCn1ccnc1N1CCC(CCNC)CC1. The van der Waals surface area contributed by atoms with Gasteiger partial charge in [0.05, 0.1) is 0 Å². The van der Waals surface area contributed by atoms with Crippen molar-refractivity contribution in [3.8, 4) is 0 Å². The van der Waals surface area contributed by atoms with Gasteiger partial charge in [0.15, 0.2) is 0 Å². The monoisotopic (exact) mass is 294 g/mol. The average Bonchev–Trinajstić information content (AvgIpc) is 2.98. The van der Waals surface area contributed by atoms with Crippen molar-refractivity contribution < 1.29 is 4.74 Å². The van der Waals surface area contributed by atoms with Gasteiger partial charge in [0.25, 0.3) is 0 Å². The molecule has 2 rings (SSSR count). The van der Waals surface area contributed by atoms with Crippen LogP contribution in [0.5, 0.6) is 0 Å². The largest absolute Gasteiger partial charge is 0.382 e. The number of rotatable bonds is 9. The van der Waals surface area contributed by atoms with Gasteiger partial charge >= 0.3 is 0 Å². The summed E-state index contributed by atoms with van der Waals surface area (Å²) >= 11 is 0. The molecule has 0 amide bonds. The van der Waals surface area contributed by atoms with E-state index in [2.05, 4.69) is 26.0 Å². The lowest BCUT2D eigenvalue weighted by molar-refractivity contribution is 0.141. The summed E-state index contributed by atoms with van der Waals surface area (Å²) in [4.78, 5) is 7.00. The Morgan fingerprint density at radius 1 is 1.38 bits per heavy atom. The highest BCUT2D eigenvalue weighted by molar-refractivity contribution is 5.31. The Bertz CT molecular complexity index is 385. The third-order valence-electron chi connectivity index (χ3n) is 4.29.